The van der Waals surface area contributed by atoms with Crippen molar-refractivity contribution in [3.05, 3.63) is 30.4 Å². The van der Waals surface area contributed by atoms with Crippen LogP contribution in [0.25, 0.3) is 5.65 Å². The van der Waals surface area contributed by atoms with Gasteiger partial charge in [-0.15, -0.1) is 15.3 Å². The number of carbonyl (C=O) groups is 1. The van der Waals surface area contributed by atoms with Crippen molar-refractivity contribution in [1.29, 1.82) is 0 Å². The normalized spacial score (nSPS) is 15.5. The first-order valence-electron chi connectivity index (χ1n) is 8.89. The van der Waals surface area contributed by atoms with Gasteiger partial charge >= 0.3 is 0 Å². The van der Waals surface area contributed by atoms with E-state index in [1.807, 2.05) is 32.3 Å². The number of piperidine rings is 1. The summed E-state index contributed by atoms with van der Waals surface area (Å²) in [7, 11) is 1.87. The van der Waals surface area contributed by atoms with Crippen LogP contribution >= 0.6 is 0 Å². The maximum atomic E-state index is 12.6. The first kappa shape index (κ1) is 16.5. The first-order valence-corrected chi connectivity index (χ1v) is 8.89. The van der Waals surface area contributed by atoms with Crippen molar-refractivity contribution in [2.75, 3.05) is 23.3 Å². The van der Waals surface area contributed by atoms with Crippen LogP contribution in [-0.2, 0) is 18.3 Å². The fourth-order valence-corrected chi connectivity index (χ4v) is 3.39. The topological polar surface area (TPSA) is 93.2 Å². The molecular formula is C17H22N8O. The minimum Gasteiger partial charge on any atom is -0.355 e. The van der Waals surface area contributed by atoms with E-state index in [0.29, 0.717) is 0 Å². The number of nitrogens with zero attached hydrogens (tertiary/aromatic N) is 7. The van der Waals surface area contributed by atoms with Crippen LogP contribution in [0.5, 0.6) is 0 Å². The molecule has 3 aromatic rings. The van der Waals surface area contributed by atoms with E-state index in [2.05, 4.69) is 30.6 Å². The van der Waals surface area contributed by atoms with Gasteiger partial charge in [-0.3, -0.25) is 9.48 Å². The second kappa shape index (κ2) is 6.74. The summed E-state index contributed by atoms with van der Waals surface area (Å²) in [5.74, 6) is 0.973. The molecule has 0 spiro atoms. The Balaban J connectivity index is 1.38. The summed E-state index contributed by atoms with van der Waals surface area (Å²) in [4.78, 5) is 14.8. The molecule has 0 aliphatic carbocycles. The summed E-state index contributed by atoms with van der Waals surface area (Å²) in [6, 6.07) is 3.86. The molecular weight excluding hydrogens is 332 g/mol. The van der Waals surface area contributed by atoms with Gasteiger partial charge in [0.05, 0.1) is 11.4 Å². The molecule has 1 aliphatic rings. The van der Waals surface area contributed by atoms with E-state index in [4.69, 9.17) is 0 Å². The van der Waals surface area contributed by atoms with Gasteiger partial charge < -0.3 is 10.2 Å². The monoisotopic (exact) mass is 354 g/mol. The molecule has 0 saturated carbocycles. The van der Waals surface area contributed by atoms with E-state index in [-0.39, 0.29) is 11.8 Å². The second-order valence-electron chi connectivity index (χ2n) is 6.59. The molecule has 0 bridgehead atoms. The summed E-state index contributed by atoms with van der Waals surface area (Å²) < 4.78 is 3.41. The summed E-state index contributed by atoms with van der Waals surface area (Å²) >= 11 is 0. The molecule has 1 saturated heterocycles. The molecule has 9 heteroatoms. The molecule has 1 amide bonds. The van der Waals surface area contributed by atoms with Gasteiger partial charge in [0.1, 0.15) is 12.1 Å². The van der Waals surface area contributed by atoms with Crippen molar-refractivity contribution in [2.45, 2.75) is 26.2 Å². The van der Waals surface area contributed by atoms with Gasteiger partial charge in [0.25, 0.3) is 0 Å². The fraction of sp³-hybridized carbons (Fsp3) is 0.471. The third-order valence-corrected chi connectivity index (χ3v) is 4.84. The SMILES string of the molecule is CCc1nn(C)cc1NC(=O)C1CCN(c2ccc3nncn3n2)CC1. The van der Waals surface area contributed by atoms with Crippen LogP contribution in [0.3, 0.4) is 0 Å². The zero-order valence-electron chi connectivity index (χ0n) is 15.0. The lowest BCUT2D eigenvalue weighted by atomic mass is 9.96. The minimum absolute atomic E-state index is 0.00908. The quantitative estimate of drug-likeness (QED) is 0.758. The van der Waals surface area contributed by atoms with Crippen LogP contribution in [0.1, 0.15) is 25.5 Å². The average Bonchev–Trinajstić information content (AvgIpc) is 3.27. The van der Waals surface area contributed by atoms with Crippen LogP contribution < -0.4 is 10.2 Å². The van der Waals surface area contributed by atoms with Crippen LogP contribution in [0.2, 0.25) is 0 Å². The number of amides is 1. The molecule has 1 N–H and O–H groups in total. The highest BCUT2D eigenvalue weighted by Gasteiger charge is 2.26. The summed E-state index contributed by atoms with van der Waals surface area (Å²) in [6.45, 7) is 3.63. The predicted molar refractivity (Wildman–Crippen MR) is 96.9 cm³/mol. The number of anilines is 2. The molecule has 0 unspecified atom stereocenters. The van der Waals surface area contributed by atoms with E-state index in [1.165, 1.54) is 0 Å². The Kier molecular flexibility index (Phi) is 4.27. The standard InChI is InChI=1S/C17H22N8O/c1-3-13-14(10-23(2)21-13)19-17(26)12-6-8-24(9-7-12)16-5-4-15-20-18-11-25(15)22-16/h4-5,10-12H,3,6-9H2,1-2H3,(H,19,26). The molecule has 9 nitrogen and oxygen atoms in total. The molecule has 0 aromatic carbocycles. The largest absolute Gasteiger partial charge is 0.355 e. The number of aryl methyl sites for hydroxylation is 2. The van der Waals surface area contributed by atoms with Gasteiger partial charge in [-0.05, 0) is 31.4 Å². The van der Waals surface area contributed by atoms with E-state index >= 15 is 0 Å². The van der Waals surface area contributed by atoms with Gasteiger partial charge in [-0.25, -0.2) is 0 Å². The Hall–Kier alpha value is -2.97. The number of hydrogen-bond acceptors (Lipinski definition) is 6. The Morgan fingerprint density at radius 3 is 2.85 bits per heavy atom. The molecule has 136 valence electrons. The maximum Gasteiger partial charge on any atom is 0.227 e. The summed E-state index contributed by atoms with van der Waals surface area (Å²) in [5, 5.41) is 19.8. The molecule has 3 aromatic heterocycles. The van der Waals surface area contributed by atoms with Crippen molar-refractivity contribution in [2.24, 2.45) is 13.0 Å². The summed E-state index contributed by atoms with van der Waals surface area (Å²) in [5.41, 5.74) is 2.47. The highest BCUT2D eigenvalue weighted by molar-refractivity contribution is 5.93. The van der Waals surface area contributed by atoms with Gasteiger partial charge in [-0.2, -0.15) is 9.61 Å². The van der Waals surface area contributed by atoms with Gasteiger partial charge in [-0.1, -0.05) is 6.92 Å². The van der Waals surface area contributed by atoms with E-state index in [9.17, 15) is 4.79 Å². The highest BCUT2D eigenvalue weighted by atomic mass is 16.1. The number of nitrogens with one attached hydrogen (secondary N) is 1. The molecule has 4 heterocycles. The maximum absolute atomic E-state index is 12.6. The number of rotatable bonds is 4. The number of hydrogen-bond donors (Lipinski definition) is 1. The Labute approximate surface area is 151 Å². The second-order valence-corrected chi connectivity index (χ2v) is 6.59. The molecule has 1 aliphatic heterocycles. The Morgan fingerprint density at radius 1 is 1.27 bits per heavy atom. The predicted octanol–water partition coefficient (Wildman–Crippen LogP) is 1.28. The lowest BCUT2D eigenvalue weighted by molar-refractivity contribution is -0.120. The smallest absolute Gasteiger partial charge is 0.227 e. The molecule has 0 radical (unpaired) electrons. The number of aromatic nitrogens is 6. The van der Waals surface area contributed by atoms with Gasteiger partial charge in [0.2, 0.25) is 5.91 Å². The molecule has 0 atom stereocenters. The third kappa shape index (κ3) is 3.12. The van der Waals surface area contributed by atoms with E-state index in [0.717, 1.165) is 55.2 Å². The highest BCUT2D eigenvalue weighted by Crippen LogP contribution is 2.24. The van der Waals surface area contributed by atoms with Crippen LogP contribution in [-0.4, -0.2) is 48.6 Å². The van der Waals surface area contributed by atoms with Crippen LogP contribution in [0.15, 0.2) is 24.7 Å². The van der Waals surface area contributed by atoms with Crippen molar-refractivity contribution in [3.8, 4) is 0 Å². The van der Waals surface area contributed by atoms with Crippen molar-refractivity contribution in [1.82, 2.24) is 29.6 Å². The number of fused-ring (bicyclic) bond motifs is 1. The summed E-state index contributed by atoms with van der Waals surface area (Å²) in [6.07, 6.45) is 5.86. The lowest BCUT2D eigenvalue weighted by Crippen LogP contribution is -2.38. The van der Waals surface area contributed by atoms with Crippen LogP contribution in [0.4, 0.5) is 11.5 Å². The van der Waals surface area contributed by atoms with E-state index < -0.39 is 0 Å². The van der Waals surface area contributed by atoms with E-state index in [1.54, 1.807) is 15.5 Å². The number of carbonyl (C=O) groups excluding carboxylic acids is 1. The van der Waals surface area contributed by atoms with Gasteiger partial charge in [0.15, 0.2) is 5.65 Å². The fourth-order valence-electron chi connectivity index (χ4n) is 3.39. The molecule has 4 rings (SSSR count). The zero-order chi connectivity index (χ0) is 18.1. The lowest BCUT2D eigenvalue weighted by Gasteiger charge is -2.31. The van der Waals surface area contributed by atoms with Crippen molar-refractivity contribution >= 4 is 23.1 Å². The first-order chi connectivity index (χ1) is 12.6. The van der Waals surface area contributed by atoms with Gasteiger partial charge in [0, 0.05) is 32.3 Å². The minimum atomic E-state index is 0.00908. The molecule has 1 fully saturated rings. The Bertz CT molecular complexity index is 922. The average molecular weight is 354 g/mol. The molecule has 26 heavy (non-hydrogen) atoms. The zero-order valence-corrected chi connectivity index (χ0v) is 15.0. The van der Waals surface area contributed by atoms with Crippen molar-refractivity contribution in [3.63, 3.8) is 0 Å². The third-order valence-electron chi connectivity index (χ3n) is 4.84. The van der Waals surface area contributed by atoms with Crippen LogP contribution in [0, 0.1) is 5.92 Å². The van der Waals surface area contributed by atoms with Crippen molar-refractivity contribution < 1.29 is 4.79 Å². The Morgan fingerprint density at radius 2 is 2.08 bits per heavy atom.